The molecular weight excluding hydrogens is 527 g/mol. The van der Waals surface area contributed by atoms with Crippen LogP contribution >= 0.6 is 31.9 Å². The summed E-state index contributed by atoms with van der Waals surface area (Å²) < 4.78 is 69.5. The molecule has 1 heterocycles. The van der Waals surface area contributed by atoms with Gasteiger partial charge in [-0.2, -0.15) is 0 Å². The van der Waals surface area contributed by atoms with Crippen molar-refractivity contribution in [2.24, 2.45) is 0 Å². The maximum atomic E-state index is 13.2. The molecule has 2 aromatic carbocycles. The highest BCUT2D eigenvalue weighted by Gasteiger charge is 2.24. The van der Waals surface area contributed by atoms with Crippen molar-refractivity contribution < 1.29 is 35.7 Å². The summed E-state index contributed by atoms with van der Waals surface area (Å²) in [5.74, 6) is -0.281. The van der Waals surface area contributed by atoms with E-state index in [4.69, 9.17) is 13.9 Å². The van der Waals surface area contributed by atoms with Crippen LogP contribution in [0.15, 0.2) is 43.6 Å². The smallest absolute Gasteiger partial charge is 0.506 e. The van der Waals surface area contributed by atoms with Crippen LogP contribution < -0.4 is 0 Å². The summed E-state index contributed by atoms with van der Waals surface area (Å²) in [5.41, 5.74) is -0.176. The highest BCUT2D eigenvalue weighted by molar-refractivity contribution is 9.11. The molecule has 3 aromatic rings. The number of rotatable bonds is 3. The lowest BCUT2D eigenvalue weighted by Crippen LogP contribution is -2.03. The van der Waals surface area contributed by atoms with Crippen LogP contribution in [0.1, 0.15) is 32.7 Å². The van der Waals surface area contributed by atoms with E-state index in [9.17, 15) is 27.2 Å². The molecule has 0 radical (unpaired) electrons. The SMILES string of the molecule is F[B-](F)(F)F.[2H]c1c([N+]#N)c([2H])c2oc(CC)c(C(=O)c3cc(Br)c(O)c(Br)c3)c2c1[2H]. The van der Waals surface area contributed by atoms with E-state index < -0.39 is 24.8 Å². The Bertz CT molecular complexity index is 1250. The lowest BCUT2D eigenvalue weighted by molar-refractivity contribution is 0.103. The Hall–Kier alpha value is -2.39. The minimum Gasteiger partial charge on any atom is -0.506 e. The number of nitrogens with zero attached hydrogens (tertiary/aromatic N) is 2. The predicted octanol–water partition coefficient (Wildman–Crippen LogP) is 7.24. The Balaban J connectivity index is 0.000000654. The van der Waals surface area contributed by atoms with Crippen LogP contribution in [0.4, 0.5) is 23.0 Å². The van der Waals surface area contributed by atoms with Gasteiger partial charge in [0, 0.05) is 23.4 Å². The zero-order valence-electron chi connectivity index (χ0n) is 17.4. The van der Waals surface area contributed by atoms with E-state index in [0.29, 0.717) is 15.4 Å². The zero-order chi connectivity index (χ0) is 24.5. The first-order valence-corrected chi connectivity index (χ1v) is 9.31. The summed E-state index contributed by atoms with van der Waals surface area (Å²) in [5, 5.41) is 18.9. The molecule has 0 bridgehead atoms. The third-order valence-corrected chi connectivity index (χ3v) is 4.66. The fourth-order valence-corrected chi connectivity index (χ4v) is 3.51. The number of hydrogen-bond acceptors (Lipinski definition) is 4. The van der Waals surface area contributed by atoms with Gasteiger partial charge in [-0.15, -0.1) is 0 Å². The van der Waals surface area contributed by atoms with Crippen molar-refractivity contribution in [3.05, 3.63) is 61.1 Å². The van der Waals surface area contributed by atoms with Crippen LogP contribution in [0.3, 0.4) is 0 Å². The van der Waals surface area contributed by atoms with Crippen LogP contribution in [0.25, 0.3) is 15.9 Å². The Morgan fingerprint density at radius 1 is 1.28 bits per heavy atom. The van der Waals surface area contributed by atoms with Crippen LogP contribution in [0, 0.1) is 5.39 Å². The van der Waals surface area contributed by atoms with Gasteiger partial charge in [0.25, 0.3) is 0 Å². The molecular formula is C17H11BBr2F4N2O3. The maximum absolute atomic E-state index is 13.2. The second-order valence-corrected chi connectivity index (χ2v) is 7.10. The highest BCUT2D eigenvalue weighted by atomic mass is 79.9. The van der Waals surface area contributed by atoms with E-state index in [2.05, 4.69) is 36.8 Å². The molecule has 0 amide bonds. The molecule has 3 rings (SSSR count). The number of halogens is 6. The van der Waals surface area contributed by atoms with Crippen molar-refractivity contribution in [3.63, 3.8) is 0 Å². The van der Waals surface area contributed by atoms with Crippen molar-refractivity contribution >= 4 is 61.6 Å². The number of phenols is 1. The monoisotopic (exact) mass is 539 g/mol. The number of aryl methyl sites for hydroxylation is 1. The fourth-order valence-electron chi connectivity index (χ4n) is 2.33. The normalized spacial score (nSPS) is 12.4. The molecule has 5 nitrogen and oxygen atoms in total. The van der Waals surface area contributed by atoms with Gasteiger partial charge in [-0.3, -0.25) is 4.79 Å². The second-order valence-electron chi connectivity index (χ2n) is 5.39. The third-order valence-electron chi connectivity index (χ3n) is 3.45. The first-order chi connectivity index (χ1) is 14.7. The zero-order valence-corrected chi connectivity index (χ0v) is 17.5. The van der Waals surface area contributed by atoms with Gasteiger partial charge in [-0.1, -0.05) is 6.92 Å². The van der Waals surface area contributed by atoms with Crippen molar-refractivity contribution in [1.82, 2.24) is 0 Å². The molecule has 152 valence electrons. The largest absolute Gasteiger partial charge is 0.673 e. The van der Waals surface area contributed by atoms with E-state index in [1.165, 1.54) is 12.1 Å². The van der Waals surface area contributed by atoms with Crippen LogP contribution in [0.2, 0.25) is 0 Å². The number of benzene rings is 2. The van der Waals surface area contributed by atoms with Crippen molar-refractivity contribution in [1.29, 1.82) is 5.39 Å². The first kappa shape index (κ1) is 18.6. The van der Waals surface area contributed by atoms with Crippen LogP contribution in [0.5, 0.6) is 5.75 Å². The summed E-state index contributed by atoms with van der Waals surface area (Å²) in [4.78, 5) is 16.1. The van der Waals surface area contributed by atoms with Gasteiger partial charge in [-0.25, -0.2) is 0 Å². The Kier molecular flexibility index (Phi) is 5.76. The first-order valence-electron chi connectivity index (χ1n) is 9.23. The summed E-state index contributed by atoms with van der Waals surface area (Å²) in [6, 6.07) is 1.67. The number of carbonyl (C=O) groups excluding carboxylic acids is 1. The van der Waals surface area contributed by atoms with Crippen LogP contribution in [-0.2, 0) is 6.42 Å². The van der Waals surface area contributed by atoms with Gasteiger partial charge in [0.15, 0.2) is 10.8 Å². The fraction of sp³-hybridized carbons (Fsp3) is 0.118. The van der Waals surface area contributed by atoms with Gasteiger partial charge in [-0.05, 0) is 50.0 Å². The molecule has 0 unspecified atom stereocenters. The quantitative estimate of drug-likeness (QED) is 0.164. The third kappa shape index (κ3) is 5.58. The van der Waals surface area contributed by atoms with Crippen molar-refractivity contribution in [2.75, 3.05) is 0 Å². The number of phenolic OH excluding ortho intramolecular Hbond substituents is 1. The van der Waals surface area contributed by atoms with E-state index in [1.807, 2.05) is 0 Å². The van der Waals surface area contributed by atoms with Crippen LogP contribution in [-0.4, -0.2) is 18.1 Å². The Morgan fingerprint density at radius 3 is 2.31 bits per heavy atom. The Labute approximate surface area is 182 Å². The number of aromatic hydroxyl groups is 1. The van der Waals surface area contributed by atoms with Gasteiger partial charge in [0.05, 0.1) is 24.7 Å². The molecule has 0 aliphatic carbocycles. The molecule has 0 fully saturated rings. The van der Waals surface area contributed by atoms with Gasteiger partial charge in [0.1, 0.15) is 17.1 Å². The minimum atomic E-state index is -6.00. The predicted molar refractivity (Wildman–Crippen MR) is 107 cm³/mol. The average molecular weight is 541 g/mol. The highest BCUT2D eigenvalue weighted by Crippen LogP contribution is 2.36. The second kappa shape index (κ2) is 8.96. The molecule has 29 heavy (non-hydrogen) atoms. The molecule has 0 saturated carbocycles. The number of diazo groups is 1. The molecule has 0 spiro atoms. The number of carbonyl (C=O) groups is 1. The van der Waals surface area contributed by atoms with Crippen molar-refractivity contribution in [3.8, 4) is 5.75 Å². The minimum absolute atomic E-state index is 0.0274. The topological polar surface area (TPSA) is 78.6 Å². The number of furan rings is 1. The summed E-state index contributed by atoms with van der Waals surface area (Å²) in [6.45, 7) is 1.75. The number of ketones is 1. The average Bonchev–Trinajstić information content (AvgIpc) is 3.08. The molecule has 0 aliphatic rings. The van der Waals surface area contributed by atoms with E-state index >= 15 is 0 Å². The lowest BCUT2D eigenvalue weighted by atomic mass is 9.99. The van der Waals surface area contributed by atoms with E-state index in [1.54, 1.807) is 6.92 Å². The maximum Gasteiger partial charge on any atom is 0.673 e. The number of fused-ring (bicyclic) bond motifs is 1. The summed E-state index contributed by atoms with van der Waals surface area (Å²) in [7, 11) is -6.00. The molecule has 0 aliphatic heterocycles. The van der Waals surface area contributed by atoms with Crippen molar-refractivity contribution in [2.45, 2.75) is 13.3 Å². The van der Waals surface area contributed by atoms with E-state index in [-0.39, 0.29) is 45.7 Å². The Morgan fingerprint density at radius 2 is 1.83 bits per heavy atom. The lowest BCUT2D eigenvalue weighted by Gasteiger charge is -2.06. The van der Waals surface area contributed by atoms with E-state index in [0.717, 1.165) is 0 Å². The molecule has 12 heteroatoms. The van der Waals surface area contributed by atoms with Gasteiger partial charge >= 0.3 is 12.9 Å². The molecule has 1 aromatic heterocycles. The van der Waals surface area contributed by atoms with Gasteiger partial charge < -0.3 is 26.8 Å². The molecule has 1 N–H and O–H groups in total. The van der Waals surface area contributed by atoms with Gasteiger partial charge in [0.2, 0.25) is 5.39 Å². The standard InChI is InChI=1S/C17H10Br2N2O3.BF4/c1-2-13-15(10-4-3-9(21-20)7-14(10)24-13)16(22)8-5-11(18)17(23)12(19)6-8;2-1(3,4)5/h3-7H,2H2,1H3;/q;-1/p+1/i3D,4D,7D;. The summed E-state index contributed by atoms with van der Waals surface area (Å²) in [6.07, 6.45) is 0.313. The summed E-state index contributed by atoms with van der Waals surface area (Å²) >= 11 is 6.36. The molecule has 0 saturated heterocycles. The molecule has 0 atom stereocenters. The number of hydrogen-bond donors (Lipinski definition) is 1.